The van der Waals surface area contributed by atoms with Gasteiger partial charge < -0.3 is 5.73 Å². The maximum Gasteiger partial charge on any atom is 0.0551 e. The summed E-state index contributed by atoms with van der Waals surface area (Å²) in [4.78, 5) is 0. The van der Waals surface area contributed by atoms with Crippen molar-refractivity contribution in [2.24, 2.45) is 5.73 Å². The fourth-order valence-corrected chi connectivity index (χ4v) is 1.43. The molecule has 1 atom stereocenters. The van der Waals surface area contributed by atoms with Gasteiger partial charge in [0.2, 0.25) is 0 Å². The Morgan fingerprint density at radius 2 is 2.23 bits per heavy atom. The normalized spacial score (nSPS) is 12.6. The Hall–Kier alpha value is -0.310. The van der Waals surface area contributed by atoms with Crippen molar-refractivity contribution in [1.82, 2.24) is 0 Å². The van der Waals surface area contributed by atoms with Crippen molar-refractivity contribution in [2.45, 2.75) is 13.0 Å². The van der Waals surface area contributed by atoms with Crippen molar-refractivity contribution < 1.29 is 0 Å². The summed E-state index contributed by atoms with van der Waals surface area (Å²) in [5, 5.41) is 0.675. The van der Waals surface area contributed by atoms with E-state index in [1.54, 1.807) is 0 Å². The molecule has 0 saturated carbocycles. The molecule has 0 aromatic heterocycles. The third-order valence-corrected chi connectivity index (χ3v) is 3.07. The van der Waals surface area contributed by atoms with Crippen LogP contribution in [0.25, 0.3) is 0 Å². The van der Waals surface area contributed by atoms with E-state index in [1.165, 1.54) is 0 Å². The van der Waals surface area contributed by atoms with Gasteiger partial charge >= 0.3 is 0 Å². The topological polar surface area (TPSA) is 26.0 Å². The van der Waals surface area contributed by atoms with Gasteiger partial charge in [0.1, 0.15) is 0 Å². The largest absolute Gasteiger partial charge is 0.321 e. The lowest BCUT2D eigenvalue weighted by Gasteiger charge is -2.12. The quantitative estimate of drug-likeness (QED) is 0.807. The van der Waals surface area contributed by atoms with Gasteiger partial charge in [-0.1, -0.05) is 29.8 Å². The van der Waals surface area contributed by atoms with Gasteiger partial charge in [-0.15, -0.1) is 0 Å². The molecule has 0 amide bonds. The molecule has 70 valence electrons. The second kappa shape index (κ2) is 4.27. The number of nitrogens with two attached hydrogens (primary N) is 1. The first kappa shape index (κ1) is 10.8. The fourth-order valence-electron chi connectivity index (χ4n) is 0.990. The van der Waals surface area contributed by atoms with Crippen LogP contribution in [-0.4, -0.2) is 0 Å². The lowest BCUT2D eigenvalue weighted by molar-refractivity contribution is 0.850. The molecule has 0 spiro atoms. The molecule has 1 rings (SSSR count). The average molecular weight is 261 g/mol. The zero-order valence-electron chi connectivity index (χ0n) is 7.35. The number of benzene rings is 1. The molecule has 2 N–H and O–H groups in total. The first-order valence-corrected chi connectivity index (χ1v) is 5.05. The van der Waals surface area contributed by atoms with Crippen LogP contribution < -0.4 is 5.73 Å². The molecule has 0 saturated heterocycles. The maximum atomic E-state index is 5.93. The van der Waals surface area contributed by atoms with Crippen LogP contribution in [0.1, 0.15) is 18.5 Å². The third kappa shape index (κ3) is 2.56. The van der Waals surface area contributed by atoms with E-state index in [-0.39, 0.29) is 6.04 Å². The highest BCUT2D eigenvalue weighted by Crippen LogP contribution is 2.27. The van der Waals surface area contributed by atoms with Crippen molar-refractivity contribution in [3.63, 3.8) is 0 Å². The van der Waals surface area contributed by atoms with Crippen LogP contribution in [-0.2, 0) is 0 Å². The summed E-state index contributed by atoms with van der Waals surface area (Å²) in [5.41, 5.74) is 7.80. The number of halogens is 2. The Balaban J connectivity index is 3.03. The molecule has 3 heteroatoms. The Kier molecular flexibility index (Phi) is 3.54. The van der Waals surface area contributed by atoms with Crippen molar-refractivity contribution in [1.29, 1.82) is 0 Å². The summed E-state index contributed by atoms with van der Waals surface area (Å²) >= 11 is 9.25. The van der Waals surface area contributed by atoms with Crippen LogP contribution in [0.3, 0.4) is 0 Å². The summed E-state index contributed by atoms with van der Waals surface area (Å²) in [6, 6.07) is 5.55. The van der Waals surface area contributed by atoms with Crippen LogP contribution in [0.4, 0.5) is 0 Å². The lowest BCUT2D eigenvalue weighted by atomic mass is 10.0. The predicted molar refractivity (Wildman–Crippen MR) is 60.9 cm³/mol. The molecule has 1 nitrogen and oxygen atoms in total. The Labute approximate surface area is 91.7 Å². The number of rotatable bonds is 2. The summed E-state index contributed by atoms with van der Waals surface area (Å²) in [6.45, 7) is 5.71. The summed E-state index contributed by atoms with van der Waals surface area (Å²) in [5.74, 6) is 0. The van der Waals surface area contributed by atoms with E-state index in [2.05, 4.69) is 22.5 Å². The van der Waals surface area contributed by atoms with Crippen LogP contribution in [0, 0.1) is 0 Å². The summed E-state index contributed by atoms with van der Waals surface area (Å²) < 4.78 is 0.881. The lowest BCUT2D eigenvalue weighted by Crippen LogP contribution is -2.10. The van der Waals surface area contributed by atoms with E-state index >= 15 is 0 Å². The third-order valence-electron chi connectivity index (χ3n) is 1.83. The minimum atomic E-state index is -0.134. The van der Waals surface area contributed by atoms with Crippen LogP contribution >= 0.6 is 27.5 Å². The molecule has 0 heterocycles. The molecule has 1 unspecified atom stereocenters. The highest BCUT2D eigenvalue weighted by Gasteiger charge is 2.07. The van der Waals surface area contributed by atoms with Gasteiger partial charge in [0.05, 0.1) is 11.1 Å². The van der Waals surface area contributed by atoms with Gasteiger partial charge in [0.15, 0.2) is 0 Å². The molecule has 1 aromatic rings. The van der Waals surface area contributed by atoms with E-state index in [4.69, 9.17) is 17.3 Å². The van der Waals surface area contributed by atoms with E-state index < -0.39 is 0 Å². The Morgan fingerprint density at radius 3 is 2.69 bits per heavy atom. The van der Waals surface area contributed by atoms with Crippen molar-refractivity contribution >= 4 is 27.5 Å². The first-order chi connectivity index (χ1) is 6.02. The zero-order valence-corrected chi connectivity index (χ0v) is 9.69. The van der Waals surface area contributed by atoms with E-state index in [1.807, 2.05) is 25.1 Å². The van der Waals surface area contributed by atoms with Crippen LogP contribution in [0.2, 0.25) is 5.02 Å². The second-order valence-electron chi connectivity index (χ2n) is 3.00. The van der Waals surface area contributed by atoms with Gasteiger partial charge in [0.25, 0.3) is 0 Å². The maximum absolute atomic E-state index is 5.93. The highest BCUT2D eigenvalue weighted by atomic mass is 79.9. The molecule has 0 aliphatic heterocycles. The fraction of sp³-hybridized carbons (Fsp3) is 0.200. The molecular weight excluding hydrogens is 249 g/mol. The second-order valence-corrected chi connectivity index (χ2v) is 4.26. The van der Waals surface area contributed by atoms with Crippen LogP contribution in [0.15, 0.2) is 34.8 Å². The molecular formula is C10H11BrClN. The van der Waals surface area contributed by atoms with Gasteiger partial charge in [-0.2, -0.15) is 0 Å². The Bertz CT molecular complexity index is 336. The van der Waals surface area contributed by atoms with Crippen molar-refractivity contribution in [3.8, 4) is 0 Å². The van der Waals surface area contributed by atoms with Crippen molar-refractivity contribution in [3.05, 3.63) is 45.4 Å². The predicted octanol–water partition coefficient (Wildman–Crippen LogP) is 3.68. The standard InChI is InChI=1S/C10H11BrClN/c1-6(2)10(13)7-3-4-8(11)9(12)5-7/h3-5,10H,1,13H2,2H3. The van der Waals surface area contributed by atoms with Gasteiger partial charge in [-0.25, -0.2) is 0 Å². The van der Waals surface area contributed by atoms with Gasteiger partial charge in [-0.05, 0) is 40.5 Å². The number of hydrogen-bond donors (Lipinski definition) is 1. The first-order valence-electron chi connectivity index (χ1n) is 3.88. The monoisotopic (exact) mass is 259 g/mol. The highest BCUT2D eigenvalue weighted by molar-refractivity contribution is 9.10. The molecule has 0 radical (unpaired) electrons. The molecule has 0 aliphatic rings. The van der Waals surface area contributed by atoms with E-state index in [0.717, 1.165) is 15.6 Å². The minimum absolute atomic E-state index is 0.134. The summed E-state index contributed by atoms with van der Waals surface area (Å²) in [6.07, 6.45) is 0. The van der Waals surface area contributed by atoms with Crippen molar-refractivity contribution in [2.75, 3.05) is 0 Å². The molecule has 1 aromatic carbocycles. The molecule has 0 aliphatic carbocycles. The van der Waals surface area contributed by atoms with E-state index in [9.17, 15) is 0 Å². The van der Waals surface area contributed by atoms with Crippen LogP contribution in [0.5, 0.6) is 0 Å². The zero-order chi connectivity index (χ0) is 10.0. The molecule has 0 bridgehead atoms. The Morgan fingerprint density at radius 1 is 1.62 bits per heavy atom. The van der Waals surface area contributed by atoms with Gasteiger partial charge in [0, 0.05) is 4.47 Å². The summed E-state index contributed by atoms with van der Waals surface area (Å²) in [7, 11) is 0. The smallest absolute Gasteiger partial charge is 0.0551 e. The molecule has 0 fully saturated rings. The molecule has 13 heavy (non-hydrogen) atoms. The SMILES string of the molecule is C=C(C)C(N)c1ccc(Br)c(Cl)c1. The van der Waals surface area contributed by atoms with E-state index in [0.29, 0.717) is 5.02 Å². The van der Waals surface area contributed by atoms with Gasteiger partial charge in [-0.3, -0.25) is 0 Å². The minimum Gasteiger partial charge on any atom is -0.321 e. The average Bonchev–Trinajstić information content (AvgIpc) is 2.08. The number of hydrogen-bond acceptors (Lipinski definition) is 1.